The van der Waals surface area contributed by atoms with Gasteiger partial charge in [-0.3, -0.25) is 0 Å². The molecule has 0 aliphatic rings. The molecule has 8 nitrogen and oxygen atoms in total. The lowest BCUT2D eigenvalue weighted by Gasteiger charge is -2.03. The fraction of sp³-hybridized carbons (Fsp3) is 0.125. The van der Waals surface area contributed by atoms with Gasteiger partial charge in [0.15, 0.2) is 11.6 Å². The van der Waals surface area contributed by atoms with Crippen molar-refractivity contribution in [2.24, 2.45) is 0 Å². The summed E-state index contributed by atoms with van der Waals surface area (Å²) in [6.07, 6.45) is 5.18. The van der Waals surface area contributed by atoms with Crippen LogP contribution in [0.15, 0.2) is 24.7 Å². The van der Waals surface area contributed by atoms with Gasteiger partial charge in [0.1, 0.15) is 5.52 Å². The molecule has 3 heterocycles. The van der Waals surface area contributed by atoms with E-state index in [1.54, 1.807) is 23.1 Å². The predicted octanol–water partition coefficient (Wildman–Crippen LogP) is -0.146. The van der Waals surface area contributed by atoms with Crippen molar-refractivity contribution in [2.75, 3.05) is 5.32 Å². The maximum atomic E-state index is 4.22. The number of nitrogens with one attached hydrogen (secondary N) is 2. The average molecular weight is 216 g/mol. The third kappa shape index (κ3) is 1.45. The summed E-state index contributed by atoms with van der Waals surface area (Å²) >= 11 is 0. The summed E-state index contributed by atoms with van der Waals surface area (Å²) in [7, 11) is 0. The Morgan fingerprint density at radius 3 is 3.25 bits per heavy atom. The molecular formula is C8H8N8. The fourth-order valence-electron chi connectivity index (χ4n) is 1.41. The van der Waals surface area contributed by atoms with Crippen LogP contribution in [0.3, 0.4) is 0 Å². The van der Waals surface area contributed by atoms with E-state index >= 15 is 0 Å². The topological polar surface area (TPSA) is 96.7 Å². The average Bonchev–Trinajstić information content (AvgIpc) is 2.97. The molecule has 0 radical (unpaired) electrons. The van der Waals surface area contributed by atoms with Crippen molar-refractivity contribution in [3.05, 3.63) is 30.5 Å². The number of aromatic nitrogens is 7. The van der Waals surface area contributed by atoms with Crippen molar-refractivity contribution in [1.82, 2.24) is 35.2 Å². The third-order valence-corrected chi connectivity index (χ3v) is 2.13. The fourth-order valence-corrected chi connectivity index (χ4v) is 1.41. The van der Waals surface area contributed by atoms with Gasteiger partial charge >= 0.3 is 0 Å². The maximum absolute atomic E-state index is 4.22. The van der Waals surface area contributed by atoms with Crippen LogP contribution in [0.2, 0.25) is 0 Å². The van der Waals surface area contributed by atoms with Gasteiger partial charge in [-0.2, -0.15) is 10.3 Å². The Morgan fingerprint density at radius 1 is 1.38 bits per heavy atom. The number of nitrogens with zero attached hydrogens (tertiary/aromatic N) is 6. The van der Waals surface area contributed by atoms with Crippen LogP contribution in [0.1, 0.15) is 5.82 Å². The van der Waals surface area contributed by atoms with Gasteiger partial charge in [0, 0.05) is 12.4 Å². The largest absolute Gasteiger partial charge is 0.361 e. The highest BCUT2D eigenvalue weighted by molar-refractivity contribution is 5.66. The first-order valence-electron chi connectivity index (χ1n) is 4.68. The number of hydrogen-bond donors (Lipinski definition) is 2. The third-order valence-electron chi connectivity index (χ3n) is 2.13. The number of tetrazole rings is 1. The second kappa shape index (κ2) is 3.57. The van der Waals surface area contributed by atoms with Crippen molar-refractivity contribution >= 4 is 11.3 Å². The second-order valence-electron chi connectivity index (χ2n) is 3.12. The molecule has 0 amide bonds. The first-order valence-corrected chi connectivity index (χ1v) is 4.68. The molecule has 2 N–H and O–H groups in total. The molecular weight excluding hydrogens is 208 g/mol. The molecule has 3 rings (SSSR count). The van der Waals surface area contributed by atoms with Gasteiger partial charge in [-0.15, -0.1) is 10.2 Å². The summed E-state index contributed by atoms with van der Waals surface area (Å²) in [5.41, 5.74) is 0.908. The zero-order chi connectivity index (χ0) is 10.8. The van der Waals surface area contributed by atoms with E-state index in [4.69, 9.17) is 0 Å². The lowest BCUT2D eigenvalue weighted by molar-refractivity contribution is 0.881. The minimum absolute atomic E-state index is 0.467. The Morgan fingerprint density at radius 2 is 2.38 bits per heavy atom. The van der Waals surface area contributed by atoms with Crippen LogP contribution in [-0.2, 0) is 6.54 Å². The number of anilines is 1. The highest BCUT2D eigenvalue weighted by Gasteiger charge is 2.03. The SMILES string of the molecule is c1cn2nccc2c(NCc2nn[nH]n2)n1. The lowest BCUT2D eigenvalue weighted by atomic mass is 10.4. The van der Waals surface area contributed by atoms with E-state index in [2.05, 4.69) is 36.0 Å². The van der Waals surface area contributed by atoms with E-state index in [1.165, 1.54) is 0 Å². The van der Waals surface area contributed by atoms with E-state index in [0.717, 1.165) is 11.3 Å². The van der Waals surface area contributed by atoms with Crippen molar-refractivity contribution < 1.29 is 0 Å². The smallest absolute Gasteiger partial charge is 0.193 e. The van der Waals surface area contributed by atoms with Gasteiger partial charge in [-0.05, 0) is 6.07 Å². The molecule has 16 heavy (non-hydrogen) atoms. The quantitative estimate of drug-likeness (QED) is 0.632. The van der Waals surface area contributed by atoms with E-state index in [0.29, 0.717) is 12.4 Å². The summed E-state index contributed by atoms with van der Waals surface area (Å²) in [6.45, 7) is 0.467. The molecule has 0 fully saturated rings. The molecule has 0 saturated heterocycles. The van der Waals surface area contributed by atoms with Gasteiger partial charge < -0.3 is 5.32 Å². The summed E-state index contributed by atoms with van der Waals surface area (Å²) < 4.78 is 1.74. The van der Waals surface area contributed by atoms with E-state index in [1.807, 2.05) is 6.07 Å². The van der Waals surface area contributed by atoms with Crippen LogP contribution in [0.5, 0.6) is 0 Å². The number of rotatable bonds is 3. The van der Waals surface area contributed by atoms with Gasteiger partial charge in [0.25, 0.3) is 0 Å². The number of aromatic amines is 1. The van der Waals surface area contributed by atoms with Crippen molar-refractivity contribution in [3.8, 4) is 0 Å². The molecule has 0 spiro atoms. The summed E-state index contributed by atoms with van der Waals surface area (Å²) in [4.78, 5) is 4.22. The van der Waals surface area contributed by atoms with Crippen LogP contribution in [-0.4, -0.2) is 35.2 Å². The van der Waals surface area contributed by atoms with Gasteiger partial charge in [0.2, 0.25) is 0 Å². The standard InChI is InChI=1S/C8H8N8/c1-2-11-16-4-3-9-8(6(1)16)10-5-7-12-14-15-13-7/h1-4H,5H2,(H,9,10)(H,12,13,14,15). The van der Waals surface area contributed by atoms with Crippen LogP contribution in [0.25, 0.3) is 5.52 Å². The molecule has 0 unspecified atom stereocenters. The molecule has 8 heteroatoms. The van der Waals surface area contributed by atoms with Crippen molar-refractivity contribution in [3.63, 3.8) is 0 Å². The van der Waals surface area contributed by atoms with Gasteiger partial charge in [-0.25, -0.2) is 9.50 Å². The number of fused-ring (bicyclic) bond motifs is 1. The monoisotopic (exact) mass is 216 g/mol. The summed E-state index contributed by atoms with van der Waals surface area (Å²) in [5, 5.41) is 20.8. The van der Waals surface area contributed by atoms with Crippen molar-refractivity contribution in [1.29, 1.82) is 0 Å². The van der Waals surface area contributed by atoms with Crippen LogP contribution >= 0.6 is 0 Å². The number of hydrogen-bond acceptors (Lipinski definition) is 6. The lowest BCUT2D eigenvalue weighted by Crippen LogP contribution is -2.04. The van der Waals surface area contributed by atoms with Crippen LogP contribution in [0.4, 0.5) is 5.82 Å². The Hall–Kier alpha value is -2.51. The summed E-state index contributed by atoms with van der Waals surface area (Å²) in [5.74, 6) is 1.33. The molecule has 0 atom stereocenters. The molecule has 0 bridgehead atoms. The van der Waals surface area contributed by atoms with E-state index < -0.39 is 0 Å². The highest BCUT2D eigenvalue weighted by Crippen LogP contribution is 2.12. The molecule has 0 aliphatic carbocycles. The van der Waals surface area contributed by atoms with Gasteiger partial charge in [-0.1, -0.05) is 5.21 Å². The minimum Gasteiger partial charge on any atom is -0.361 e. The Balaban J connectivity index is 1.86. The number of H-pyrrole nitrogens is 1. The molecule has 3 aromatic heterocycles. The summed E-state index contributed by atoms with van der Waals surface area (Å²) in [6, 6.07) is 1.88. The van der Waals surface area contributed by atoms with Crippen LogP contribution < -0.4 is 5.32 Å². The van der Waals surface area contributed by atoms with Crippen molar-refractivity contribution in [2.45, 2.75) is 6.54 Å². The zero-order valence-electron chi connectivity index (χ0n) is 8.20. The zero-order valence-corrected chi connectivity index (χ0v) is 8.20. The van der Waals surface area contributed by atoms with E-state index in [9.17, 15) is 0 Å². The Kier molecular flexibility index (Phi) is 1.96. The molecule has 0 aliphatic heterocycles. The van der Waals surface area contributed by atoms with Crippen LogP contribution in [0, 0.1) is 0 Å². The van der Waals surface area contributed by atoms with E-state index in [-0.39, 0.29) is 0 Å². The second-order valence-corrected chi connectivity index (χ2v) is 3.12. The molecule has 0 aromatic carbocycles. The Bertz CT molecular complexity index is 583. The molecule has 0 saturated carbocycles. The first-order chi connectivity index (χ1) is 7.93. The predicted molar refractivity (Wildman–Crippen MR) is 54.5 cm³/mol. The molecule has 80 valence electrons. The first kappa shape index (κ1) is 8.77. The maximum Gasteiger partial charge on any atom is 0.193 e. The normalized spacial score (nSPS) is 10.8. The molecule has 3 aromatic rings. The van der Waals surface area contributed by atoms with Gasteiger partial charge in [0.05, 0.1) is 12.7 Å². The highest BCUT2D eigenvalue weighted by atomic mass is 15.5. The minimum atomic E-state index is 0.467. The Labute approximate surface area is 89.7 Å².